The van der Waals surface area contributed by atoms with Gasteiger partial charge in [-0.15, -0.1) is 0 Å². The maximum atomic E-state index is 12.5. The molecule has 0 unspecified atom stereocenters. The van der Waals surface area contributed by atoms with Gasteiger partial charge in [-0.2, -0.15) is 0 Å². The summed E-state index contributed by atoms with van der Waals surface area (Å²) in [5, 5.41) is 0.834. The molecule has 4 rings (SSSR count). The fraction of sp³-hybridized carbons (Fsp3) is 0.160. The Bertz CT molecular complexity index is 1220. The molecule has 4 aromatic rings. The lowest BCUT2D eigenvalue weighted by Crippen LogP contribution is -2.03. The van der Waals surface area contributed by atoms with Crippen molar-refractivity contribution in [2.24, 2.45) is 0 Å². The van der Waals surface area contributed by atoms with Crippen molar-refractivity contribution in [3.05, 3.63) is 88.3 Å². The molecular formula is C25H22O5. The first-order valence-corrected chi connectivity index (χ1v) is 9.55. The molecule has 0 N–H and O–H groups in total. The van der Waals surface area contributed by atoms with Crippen molar-refractivity contribution in [1.82, 2.24) is 0 Å². The van der Waals surface area contributed by atoms with Gasteiger partial charge in [-0.1, -0.05) is 29.8 Å². The molecular weight excluding hydrogens is 380 g/mol. The van der Waals surface area contributed by atoms with Crippen LogP contribution in [0.5, 0.6) is 17.2 Å². The summed E-state index contributed by atoms with van der Waals surface area (Å²) in [6.45, 7) is 2.33. The van der Waals surface area contributed by atoms with Gasteiger partial charge < -0.3 is 18.6 Å². The summed E-state index contributed by atoms with van der Waals surface area (Å²) in [7, 11) is 3.21. The molecule has 0 aliphatic carbocycles. The molecule has 0 radical (unpaired) electrons. The summed E-state index contributed by atoms with van der Waals surface area (Å²) in [4.78, 5) is 12.5. The minimum Gasteiger partial charge on any atom is -0.497 e. The van der Waals surface area contributed by atoms with Crippen LogP contribution in [0.15, 0.2) is 75.9 Å². The largest absolute Gasteiger partial charge is 0.497 e. The maximum absolute atomic E-state index is 12.5. The summed E-state index contributed by atoms with van der Waals surface area (Å²) in [6.07, 6.45) is 0. The standard InChI is InChI=1S/C25H22O5/c1-16-4-6-18(7-5-16)23-12-19-8-9-20(14-24(19)30-25(23)26)29-15-17-10-21(27-2)13-22(11-17)28-3/h4-14H,15H2,1-3H3. The normalized spacial score (nSPS) is 10.8. The first kappa shape index (κ1) is 19.6. The average molecular weight is 402 g/mol. The van der Waals surface area contributed by atoms with E-state index in [-0.39, 0.29) is 5.63 Å². The number of fused-ring (bicyclic) bond motifs is 1. The Balaban J connectivity index is 1.59. The quantitative estimate of drug-likeness (QED) is 0.406. The molecule has 0 atom stereocenters. The number of hydrogen-bond donors (Lipinski definition) is 0. The highest BCUT2D eigenvalue weighted by Gasteiger charge is 2.09. The molecule has 5 heteroatoms. The van der Waals surface area contributed by atoms with Crippen molar-refractivity contribution in [3.8, 4) is 28.4 Å². The van der Waals surface area contributed by atoms with Crippen molar-refractivity contribution in [2.45, 2.75) is 13.5 Å². The molecule has 0 spiro atoms. The second-order valence-corrected chi connectivity index (χ2v) is 7.02. The van der Waals surface area contributed by atoms with Crippen LogP contribution in [0.1, 0.15) is 11.1 Å². The van der Waals surface area contributed by atoms with Gasteiger partial charge in [0.05, 0.1) is 19.8 Å². The molecule has 0 aliphatic rings. The van der Waals surface area contributed by atoms with E-state index >= 15 is 0 Å². The van der Waals surface area contributed by atoms with E-state index in [1.165, 1.54) is 0 Å². The van der Waals surface area contributed by atoms with Crippen LogP contribution < -0.4 is 19.8 Å². The van der Waals surface area contributed by atoms with Crippen LogP contribution in [0.3, 0.4) is 0 Å². The number of aryl methyl sites for hydroxylation is 1. The third-order valence-electron chi connectivity index (χ3n) is 4.89. The van der Waals surface area contributed by atoms with Crippen LogP contribution in [-0.4, -0.2) is 14.2 Å². The molecule has 0 fully saturated rings. The second-order valence-electron chi connectivity index (χ2n) is 7.02. The topological polar surface area (TPSA) is 57.9 Å². The fourth-order valence-electron chi connectivity index (χ4n) is 3.23. The predicted octanol–water partition coefficient (Wildman–Crippen LogP) is 5.36. The molecule has 0 saturated heterocycles. The number of methoxy groups -OCH3 is 2. The monoisotopic (exact) mass is 402 g/mol. The Labute approximate surface area is 174 Å². The zero-order chi connectivity index (χ0) is 21.1. The predicted molar refractivity (Wildman–Crippen MR) is 117 cm³/mol. The minimum absolute atomic E-state index is 0.324. The second kappa shape index (κ2) is 8.33. The van der Waals surface area contributed by atoms with Gasteiger partial charge in [0, 0.05) is 17.5 Å². The molecule has 0 amide bonds. The average Bonchev–Trinajstić information content (AvgIpc) is 2.77. The Morgan fingerprint density at radius 2 is 1.50 bits per heavy atom. The van der Waals surface area contributed by atoms with Crippen LogP contribution in [0.4, 0.5) is 0 Å². The van der Waals surface area contributed by atoms with Crippen LogP contribution in [0.25, 0.3) is 22.1 Å². The Morgan fingerprint density at radius 1 is 0.800 bits per heavy atom. The van der Waals surface area contributed by atoms with Crippen LogP contribution >= 0.6 is 0 Å². The first-order chi connectivity index (χ1) is 14.6. The maximum Gasteiger partial charge on any atom is 0.344 e. The van der Waals surface area contributed by atoms with Gasteiger partial charge in [0.1, 0.15) is 29.4 Å². The summed E-state index contributed by atoms with van der Waals surface area (Å²) < 4.78 is 22.0. The van der Waals surface area contributed by atoms with Crippen LogP contribution in [0, 0.1) is 6.92 Å². The third-order valence-corrected chi connectivity index (χ3v) is 4.89. The number of ether oxygens (including phenoxy) is 3. The summed E-state index contributed by atoms with van der Waals surface area (Å²) in [5.74, 6) is 2.00. The van der Waals surface area contributed by atoms with Gasteiger partial charge in [0.15, 0.2) is 0 Å². The van der Waals surface area contributed by atoms with E-state index in [4.69, 9.17) is 18.6 Å². The summed E-state index contributed by atoms with van der Waals surface area (Å²) in [5.41, 5.74) is 3.53. The zero-order valence-corrected chi connectivity index (χ0v) is 17.1. The number of hydrogen-bond acceptors (Lipinski definition) is 5. The van der Waals surface area contributed by atoms with Crippen LogP contribution in [-0.2, 0) is 6.61 Å². The minimum atomic E-state index is -0.374. The summed E-state index contributed by atoms with van der Waals surface area (Å²) in [6, 6.07) is 20.7. The highest BCUT2D eigenvalue weighted by atomic mass is 16.5. The third kappa shape index (κ3) is 4.15. The number of benzene rings is 3. The molecule has 152 valence electrons. The van der Waals surface area contributed by atoms with Gasteiger partial charge in [-0.05, 0) is 48.4 Å². The van der Waals surface area contributed by atoms with Gasteiger partial charge in [0.2, 0.25) is 0 Å². The van der Waals surface area contributed by atoms with E-state index < -0.39 is 0 Å². The van der Waals surface area contributed by atoms with Gasteiger partial charge >= 0.3 is 5.63 Å². The van der Waals surface area contributed by atoms with Crippen molar-refractivity contribution in [3.63, 3.8) is 0 Å². The van der Waals surface area contributed by atoms with Crippen molar-refractivity contribution < 1.29 is 18.6 Å². The lowest BCUT2D eigenvalue weighted by molar-refractivity contribution is 0.303. The molecule has 3 aromatic carbocycles. The number of rotatable bonds is 6. The van der Waals surface area contributed by atoms with Crippen molar-refractivity contribution >= 4 is 11.0 Å². The van der Waals surface area contributed by atoms with Gasteiger partial charge in [0.25, 0.3) is 0 Å². The molecule has 0 bridgehead atoms. The van der Waals surface area contributed by atoms with E-state index in [1.807, 2.05) is 61.5 Å². The molecule has 5 nitrogen and oxygen atoms in total. The molecule has 30 heavy (non-hydrogen) atoms. The van der Waals surface area contributed by atoms with Gasteiger partial charge in [-0.3, -0.25) is 0 Å². The molecule has 0 saturated carbocycles. The van der Waals surface area contributed by atoms with Crippen molar-refractivity contribution in [1.29, 1.82) is 0 Å². The summed E-state index contributed by atoms with van der Waals surface area (Å²) >= 11 is 0. The highest BCUT2D eigenvalue weighted by molar-refractivity contribution is 5.82. The Morgan fingerprint density at radius 3 is 2.17 bits per heavy atom. The SMILES string of the molecule is COc1cc(COc2ccc3cc(-c4ccc(C)cc4)c(=O)oc3c2)cc(OC)c1. The molecule has 1 heterocycles. The Kier molecular flexibility index (Phi) is 5.44. The zero-order valence-electron chi connectivity index (χ0n) is 17.1. The first-order valence-electron chi connectivity index (χ1n) is 9.55. The fourth-order valence-corrected chi connectivity index (χ4v) is 3.23. The van der Waals surface area contributed by atoms with Crippen LogP contribution in [0.2, 0.25) is 0 Å². The Hall–Kier alpha value is -3.73. The lowest BCUT2D eigenvalue weighted by atomic mass is 10.0. The van der Waals surface area contributed by atoms with E-state index in [9.17, 15) is 4.79 Å². The van der Waals surface area contributed by atoms with E-state index in [1.54, 1.807) is 26.4 Å². The van der Waals surface area contributed by atoms with E-state index in [0.29, 0.717) is 35.0 Å². The van der Waals surface area contributed by atoms with Crippen molar-refractivity contribution in [2.75, 3.05) is 14.2 Å². The molecule has 0 aliphatic heterocycles. The lowest BCUT2D eigenvalue weighted by Gasteiger charge is -2.10. The molecule has 1 aromatic heterocycles. The smallest absolute Gasteiger partial charge is 0.344 e. The van der Waals surface area contributed by atoms with Gasteiger partial charge in [-0.25, -0.2) is 4.79 Å². The van der Waals surface area contributed by atoms with E-state index in [2.05, 4.69) is 0 Å². The highest BCUT2D eigenvalue weighted by Crippen LogP contribution is 2.27. The van der Waals surface area contributed by atoms with E-state index in [0.717, 1.165) is 22.1 Å².